The monoisotopic (exact) mass is 765 g/mol. The molecule has 0 aliphatic heterocycles. The lowest BCUT2D eigenvalue weighted by atomic mass is 9.91. The summed E-state index contributed by atoms with van der Waals surface area (Å²) >= 11 is 0. The van der Waals surface area contributed by atoms with Crippen molar-refractivity contribution in [1.82, 2.24) is 0 Å². The summed E-state index contributed by atoms with van der Waals surface area (Å²) in [5.74, 6) is 4.14. The zero-order chi connectivity index (χ0) is 40.6. The van der Waals surface area contributed by atoms with E-state index in [2.05, 4.69) is 48.1 Å². The summed E-state index contributed by atoms with van der Waals surface area (Å²) in [6.45, 7) is 20.3. The summed E-state index contributed by atoms with van der Waals surface area (Å²) in [6, 6.07) is 0. The molecule has 0 spiro atoms. The number of hydrogen-bond acceptors (Lipinski definition) is 2. The van der Waals surface area contributed by atoms with Gasteiger partial charge in [-0.3, -0.25) is 0 Å². The van der Waals surface area contributed by atoms with E-state index in [1.165, 1.54) is 225 Å². The molecule has 0 saturated heterocycles. The average molecular weight is 765 g/mol. The first-order chi connectivity index (χ1) is 26.3. The van der Waals surface area contributed by atoms with Crippen LogP contribution in [-0.2, 0) is 0 Å². The van der Waals surface area contributed by atoms with Gasteiger partial charge in [-0.05, 0) is 49.4 Å². The van der Waals surface area contributed by atoms with Crippen LogP contribution in [0.5, 0.6) is 0 Å². The fourth-order valence-electron chi connectivity index (χ4n) is 7.72. The molecule has 0 aromatic rings. The Morgan fingerprint density at radius 2 is 0.593 bits per heavy atom. The normalized spacial score (nSPS) is 17.8. The van der Waals surface area contributed by atoms with Gasteiger partial charge in [-0.1, -0.05) is 266 Å². The molecule has 328 valence electrons. The Balaban J connectivity index is -0.000000572. The Morgan fingerprint density at radius 3 is 0.778 bits per heavy atom. The van der Waals surface area contributed by atoms with Crippen LogP contribution < -0.4 is 0 Å². The van der Waals surface area contributed by atoms with Gasteiger partial charge in [0.1, 0.15) is 0 Å². The van der Waals surface area contributed by atoms with Crippen molar-refractivity contribution in [2.24, 2.45) is 23.7 Å². The van der Waals surface area contributed by atoms with Gasteiger partial charge in [0.2, 0.25) is 0 Å². The molecular formula is C52H108O2. The van der Waals surface area contributed by atoms with Gasteiger partial charge in [-0.2, -0.15) is 0 Å². The standard InChI is InChI=1S/C11H22.C10H22O.4C7H14.C3H8O/c1-3-5-7-9-11-10-8-6-4-2;1-2-3-4-5-6-7-8-9-10-11;4*1-7-5-3-2-4-6-7;1-2-3-4/h3H,1,4-11H2,2H3;11H,2-10H2,1H3;4*7H,2-6H2,1H3;4H,2-3H2,1H3. The highest BCUT2D eigenvalue weighted by molar-refractivity contribution is 4.65. The molecule has 4 aliphatic rings. The van der Waals surface area contributed by atoms with E-state index >= 15 is 0 Å². The Labute approximate surface area is 344 Å². The third kappa shape index (κ3) is 56.0. The van der Waals surface area contributed by atoms with Gasteiger partial charge >= 0.3 is 0 Å². The maximum Gasteiger partial charge on any atom is 0.0431 e. The Bertz CT molecular complexity index is 534. The molecule has 0 amide bonds. The van der Waals surface area contributed by atoms with Gasteiger partial charge in [-0.15, -0.1) is 6.58 Å². The first kappa shape index (κ1) is 58.0. The molecule has 4 fully saturated rings. The lowest BCUT2D eigenvalue weighted by Crippen LogP contribution is -1.99. The minimum absolute atomic E-state index is 0.319. The molecule has 0 radical (unpaired) electrons. The summed E-state index contributed by atoms with van der Waals surface area (Å²) in [4.78, 5) is 0. The average Bonchev–Trinajstić information content (AvgIpc) is 3.20. The minimum atomic E-state index is 0.319. The second-order valence-electron chi connectivity index (χ2n) is 18.1. The Hall–Kier alpha value is -0.340. The number of aliphatic hydroxyl groups excluding tert-OH is 2. The van der Waals surface area contributed by atoms with E-state index in [0.29, 0.717) is 13.2 Å². The highest BCUT2D eigenvalue weighted by atomic mass is 16.3. The molecule has 0 heterocycles. The second-order valence-corrected chi connectivity index (χ2v) is 18.1. The summed E-state index contributed by atoms with van der Waals surface area (Å²) in [6.07, 6.45) is 54.0. The second kappa shape index (κ2) is 52.7. The zero-order valence-corrected chi connectivity index (χ0v) is 39.1. The van der Waals surface area contributed by atoms with Crippen LogP contribution >= 0.6 is 0 Å². The van der Waals surface area contributed by atoms with Crippen molar-refractivity contribution >= 4 is 0 Å². The molecule has 0 atom stereocenters. The van der Waals surface area contributed by atoms with Gasteiger partial charge in [0.05, 0.1) is 0 Å². The molecule has 54 heavy (non-hydrogen) atoms. The SMILES string of the molecule is C=CCCCCCCCCC.CC1CCCCC1.CC1CCCCC1.CC1CCCCC1.CC1CCCCC1.CCCCCCCCCCO.CCCO. The van der Waals surface area contributed by atoms with E-state index in [0.717, 1.165) is 36.5 Å². The maximum absolute atomic E-state index is 8.51. The molecule has 4 saturated carbocycles. The molecule has 0 unspecified atom stereocenters. The molecule has 2 heteroatoms. The first-order valence-electron chi connectivity index (χ1n) is 25.1. The predicted molar refractivity (Wildman–Crippen MR) is 249 cm³/mol. The van der Waals surface area contributed by atoms with Crippen LogP contribution in [0.15, 0.2) is 12.7 Å². The van der Waals surface area contributed by atoms with Crippen LogP contribution in [0.1, 0.15) is 286 Å². The summed E-state index contributed by atoms with van der Waals surface area (Å²) in [7, 11) is 0. The van der Waals surface area contributed by atoms with E-state index in [1.807, 2.05) is 13.0 Å². The van der Waals surface area contributed by atoms with Crippen molar-refractivity contribution in [3.8, 4) is 0 Å². The Kier molecular flexibility index (Phi) is 56.5. The third-order valence-electron chi connectivity index (χ3n) is 11.8. The molecular weight excluding hydrogens is 657 g/mol. The lowest BCUT2D eigenvalue weighted by Gasteiger charge is -2.15. The zero-order valence-electron chi connectivity index (χ0n) is 39.1. The number of allylic oxidation sites excluding steroid dienone is 1. The summed E-state index contributed by atoms with van der Waals surface area (Å²) in [5, 5.41) is 16.4. The minimum Gasteiger partial charge on any atom is -0.396 e. The predicted octanol–water partition coefficient (Wildman–Crippen LogP) is 18.2. The van der Waals surface area contributed by atoms with Crippen molar-refractivity contribution in [3.63, 3.8) is 0 Å². The van der Waals surface area contributed by atoms with Gasteiger partial charge < -0.3 is 10.2 Å². The van der Waals surface area contributed by atoms with Crippen molar-refractivity contribution in [3.05, 3.63) is 12.7 Å². The number of unbranched alkanes of at least 4 members (excludes halogenated alkanes) is 14. The summed E-state index contributed by atoms with van der Waals surface area (Å²) < 4.78 is 0. The van der Waals surface area contributed by atoms with Crippen LogP contribution in [-0.4, -0.2) is 23.4 Å². The van der Waals surface area contributed by atoms with Crippen LogP contribution in [0.4, 0.5) is 0 Å². The highest BCUT2D eigenvalue weighted by Crippen LogP contribution is 2.24. The van der Waals surface area contributed by atoms with Crippen LogP contribution in [0.3, 0.4) is 0 Å². The molecule has 0 aromatic carbocycles. The van der Waals surface area contributed by atoms with Gasteiger partial charge in [0, 0.05) is 13.2 Å². The molecule has 4 aliphatic carbocycles. The van der Waals surface area contributed by atoms with Gasteiger partial charge in [-0.25, -0.2) is 0 Å². The van der Waals surface area contributed by atoms with Crippen molar-refractivity contribution < 1.29 is 10.2 Å². The molecule has 2 N–H and O–H groups in total. The largest absolute Gasteiger partial charge is 0.396 e. The number of rotatable bonds is 17. The molecule has 2 nitrogen and oxygen atoms in total. The Morgan fingerprint density at radius 1 is 0.352 bits per heavy atom. The van der Waals surface area contributed by atoms with E-state index in [9.17, 15) is 0 Å². The molecule has 4 rings (SSSR count). The van der Waals surface area contributed by atoms with E-state index in [-0.39, 0.29) is 0 Å². The van der Waals surface area contributed by atoms with Crippen molar-refractivity contribution in [2.75, 3.05) is 13.2 Å². The third-order valence-corrected chi connectivity index (χ3v) is 11.8. The van der Waals surface area contributed by atoms with Gasteiger partial charge in [0.25, 0.3) is 0 Å². The number of hydrogen-bond donors (Lipinski definition) is 2. The maximum atomic E-state index is 8.51. The van der Waals surface area contributed by atoms with Crippen molar-refractivity contribution in [2.45, 2.75) is 286 Å². The quantitative estimate of drug-likeness (QED) is 0.114. The van der Waals surface area contributed by atoms with E-state index in [4.69, 9.17) is 10.2 Å². The fourth-order valence-corrected chi connectivity index (χ4v) is 7.72. The fraction of sp³-hybridized carbons (Fsp3) is 0.962. The summed E-state index contributed by atoms with van der Waals surface area (Å²) in [5.41, 5.74) is 0. The van der Waals surface area contributed by atoms with Crippen LogP contribution in [0.25, 0.3) is 0 Å². The lowest BCUT2D eigenvalue weighted by molar-refractivity contribution is 0.282. The smallest absolute Gasteiger partial charge is 0.0431 e. The van der Waals surface area contributed by atoms with E-state index < -0.39 is 0 Å². The van der Waals surface area contributed by atoms with Crippen LogP contribution in [0.2, 0.25) is 0 Å². The molecule has 0 bridgehead atoms. The van der Waals surface area contributed by atoms with Gasteiger partial charge in [0.15, 0.2) is 0 Å². The highest BCUT2D eigenvalue weighted by Gasteiger charge is 2.08. The molecule has 0 aromatic heterocycles. The first-order valence-corrected chi connectivity index (χ1v) is 25.1. The number of aliphatic hydroxyl groups is 2. The van der Waals surface area contributed by atoms with E-state index in [1.54, 1.807) is 0 Å². The van der Waals surface area contributed by atoms with Crippen LogP contribution in [0, 0.1) is 23.7 Å². The topological polar surface area (TPSA) is 40.5 Å². The van der Waals surface area contributed by atoms with Crippen molar-refractivity contribution in [1.29, 1.82) is 0 Å².